The first-order valence-electron chi connectivity index (χ1n) is 10.9. The minimum Gasteiger partial charge on any atom is -0.497 e. The summed E-state index contributed by atoms with van der Waals surface area (Å²) in [6.45, 7) is 4.56. The Morgan fingerprint density at radius 1 is 1.07 bits per heavy atom. The third-order valence-corrected chi connectivity index (χ3v) is 6.60. The molecule has 4 rings (SSSR count). The first kappa shape index (κ1) is 20.0. The summed E-state index contributed by atoms with van der Waals surface area (Å²) in [7, 11) is 1.67. The molecule has 158 valence electrons. The summed E-state index contributed by atoms with van der Waals surface area (Å²) in [5, 5.41) is 2.96. The lowest BCUT2D eigenvalue weighted by atomic mass is 10.0. The minimum absolute atomic E-state index is 0.0216. The van der Waals surface area contributed by atoms with E-state index in [1.807, 2.05) is 17.0 Å². The van der Waals surface area contributed by atoms with Crippen LogP contribution in [-0.2, 0) is 9.59 Å². The normalized spacial score (nSPS) is 23.9. The largest absolute Gasteiger partial charge is 0.497 e. The van der Waals surface area contributed by atoms with Crippen LogP contribution in [0.4, 0.5) is 5.69 Å². The van der Waals surface area contributed by atoms with Crippen LogP contribution < -0.4 is 15.0 Å². The lowest BCUT2D eigenvalue weighted by Gasteiger charge is -2.41. The van der Waals surface area contributed by atoms with Crippen LogP contribution in [-0.4, -0.2) is 80.1 Å². The van der Waals surface area contributed by atoms with Gasteiger partial charge in [-0.1, -0.05) is 12.8 Å². The Morgan fingerprint density at radius 3 is 2.41 bits per heavy atom. The van der Waals surface area contributed by atoms with Crippen LogP contribution >= 0.6 is 0 Å². The number of piperazine rings is 2. The summed E-state index contributed by atoms with van der Waals surface area (Å²) in [4.78, 5) is 32.0. The van der Waals surface area contributed by atoms with Crippen molar-refractivity contribution < 1.29 is 14.3 Å². The predicted molar refractivity (Wildman–Crippen MR) is 112 cm³/mol. The molecule has 0 radical (unpaired) electrons. The van der Waals surface area contributed by atoms with Gasteiger partial charge >= 0.3 is 0 Å². The fourth-order valence-corrected chi connectivity index (χ4v) is 4.92. The molecule has 2 saturated heterocycles. The molecule has 2 heterocycles. The fourth-order valence-electron chi connectivity index (χ4n) is 4.92. The van der Waals surface area contributed by atoms with E-state index in [-0.39, 0.29) is 17.9 Å². The molecule has 1 aromatic rings. The summed E-state index contributed by atoms with van der Waals surface area (Å²) in [5.41, 5.74) is 1.15. The Kier molecular flexibility index (Phi) is 6.23. The van der Waals surface area contributed by atoms with Gasteiger partial charge in [-0.2, -0.15) is 0 Å². The maximum absolute atomic E-state index is 13.0. The summed E-state index contributed by atoms with van der Waals surface area (Å²) < 4.78 is 5.22. The third-order valence-electron chi connectivity index (χ3n) is 6.60. The number of carbonyl (C=O) groups excluding carboxylic acids is 2. The van der Waals surface area contributed by atoms with Crippen molar-refractivity contribution in [3.63, 3.8) is 0 Å². The number of hydrogen-bond acceptors (Lipinski definition) is 5. The number of carbonyl (C=O) groups is 2. The number of nitrogens with zero attached hydrogens (tertiary/aromatic N) is 3. The molecule has 1 atom stereocenters. The molecule has 2 aliphatic heterocycles. The molecular formula is C22H32N4O3. The second-order valence-corrected chi connectivity index (χ2v) is 8.25. The SMILES string of the molecule is COc1ccc(N2CCN(C(=O)CC3C(=O)NCCN3C3CCCC3)CC2)cc1. The van der Waals surface area contributed by atoms with E-state index in [1.54, 1.807) is 7.11 Å². The predicted octanol–water partition coefficient (Wildman–Crippen LogP) is 1.48. The molecule has 1 unspecified atom stereocenters. The van der Waals surface area contributed by atoms with E-state index < -0.39 is 0 Å². The van der Waals surface area contributed by atoms with Crippen LogP contribution in [0.2, 0.25) is 0 Å². The van der Waals surface area contributed by atoms with E-state index in [0.717, 1.165) is 43.9 Å². The number of rotatable bonds is 5. The number of ether oxygens (including phenoxy) is 1. The standard InChI is InChI=1S/C22H32N4O3/c1-29-19-8-6-17(7-9-19)24-12-14-25(15-13-24)21(27)16-20-22(28)23-10-11-26(20)18-4-2-3-5-18/h6-9,18,20H,2-5,10-16H2,1H3,(H,23,28). The average molecular weight is 401 g/mol. The topological polar surface area (TPSA) is 65.1 Å². The molecule has 1 saturated carbocycles. The molecule has 0 bridgehead atoms. The second kappa shape index (κ2) is 9.03. The average Bonchev–Trinajstić information content (AvgIpc) is 3.30. The molecule has 29 heavy (non-hydrogen) atoms. The number of anilines is 1. The summed E-state index contributed by atoms with van der Waals surface area (Å²) in [6.07, 6.45) is 5.06. The summed E-state index contributed by atoms with van der Waals surface area (Å²) in [6, 6.07) is 8.20. The monoisotopic (exact) mass is 400 g/mol. The molecule has 7 heteroatoms. The molecule has 0 spiro atoms. The molecule has 7 nitrogen and oxygen atoms in total. The second-order valence-electron chi connectivity index (χ2n) is 8.25. The van der Waals surface area contributed by atoms with Crippen molar-refractivity contribution in [2.75, 3.05) is 51.3 Å². The van der Waals surface area contributed by atoms with Crippen LogP contribution in [0.3, 0.4) is 0 Å². The Hall–Kier alpha value is -2.28. The molecule has 1 N–H and O–H groups in total. The third kappa shape index (κ3) is 4.50. The van der Waals surface area contributed by atoms with Gasteiger partial charge in [0.1, 0.15) is 5.75 Å². The molecule has 1 aromatic carbocycles. The van der Waals surface area contributed by atoms with Crippen LogP contribution in [0.1, 0.15) is 32.1 Å². The van der Waals surface area contributed by atoms with Crippen molar-refractivity contribution >= 4 is 17.5 Å². The van der Waals surface area contributed by atoms with Crippen LogP contribution in [0.25, 0.3) is 0 Å². The van der Waals surface area contributed by atoms with E-state index in [4.69, 9.17) is 4.74 Å². The first-order valence-corrected chi connectivity index (χ1v) is 10.9. The van der Waals surface area contributed by atoms with E-state index in [2.05, 4.69) is 27.2 Å². The number of hydrogen-bond donors (Lipinski definition) is 1. The van der Waals surface area contributed by atoms with Crippen LogP contribution in [0, 0.1) is 0 Å². The Bertz CT molecular complexity index is 709. The van der Waals surface area contributed by atoms with Crippen molar-refractivity contribution in [1.82, 2.24) is 15.1 Å². The van der Waals surface area contributed by atoms with Gasteiger partial charge in [0, 0.05) is 51.0 Å². The molecular weight excluding hydrogens is 368 g/mol. The van der Waals surface area contributed by atoms with Gasteiger partial charge < -0.3 is 19.9 Å². The zero-order valence-electron chi connectivity index (χ0n) is 17.3. The maximum Gasteiger partial charge on any atom is 0.237 e. The number of methoxy groups -OCH3 is 1. The first-order chi connectivity index (χ1) is 14.2. The van der Waals surface area contributed by atoms with Crippen molar-refractivity contribution in [3.8, 4) is 5.75 Å². The highest BCUT2D eigenvalue weighted by Gasteiger charge is 2.37. The molecule has 1 aliphatic carbocycles. The Labute approximate surface area is 173 Å². The quantitative estimate of drug-likeness (QED) is 0.811. The zero-order valence-corrected chi connectivity index (χ0v) is 17.3. The Morgan fingerprint density at radius 2 is 1.76 bits per heavy atom. The lowest BCUT2D eigenvalue weighted by Crippen LogP contribution is -2.59. The summed E-state index contributed by atoms with van der Waals surface area (Å²) >= 11 is 0. The van der Waals surface area contributed by atoms with E-state index in [9.17, 15) is 9.59 Å². The Balaban J connectivity index is 1.33. The zero-order chi connectivity index (χ0) is 20.2. The molecule has 3 fully saturated rings. The van der Waals surface area contributed by atoms with Gasteiger partial charge in [0.2, 0.25) is 11.8 Å². The van der Waals surface area contributed by atoms with Gasteiger partial charge in [-0.05, 0) is 37.1 Å². The lowest BCUT2D eigenvalue weighted by molar-refractivity contribution is -0.140. The van der Waals surface area contributed by atoms with Crippen molar-refractivity contribution in [2.24, 2.45) is 0 Å². The van der Waals surface area contributed by atoms with Gasteiger partial charge in [-0.15, -0.1) is 0 Å². The number of benzene rings is 1. The summed E-state index contributed by atoms with van der Waals surface area (Å²) in [5.74, 6) is 0.970. The highest BCUT2D eigenvalue weighted by molar-refractivity contribution is 5.89. The number of amides is 2. The highest BCUT2D eigenvalue weighted by Crippen LogP contribution is 2.27. The van der Waals surface area contributed by atoms with Gasteiger partial charge in [-0.25, -0.2) is 0 Å². The maximum atomic E-state index is 13.0. The van der Waals surface area contributed by atoms with Crippen molar-refractivity contribution in [2.45, 2.75) is 44.2 Å². The molecule has 3 aliphatic rings. The smallest absolute Gasteiger partial charge is 0.237 e. The van der Waals surface area contributed by atoms with E-state index in [1.165, 1.54) is 12.8 Å². The number of nitrogens with one attached hydrogen (secondary N) is 1. The fraction of sp³-hybridized carbons (Fsp3) is 0.636. The minimum atomic E-state index is -0.307. The molecule has 2 amide bonds. The molecule has 0 aromatic heterocycles. The van der Waals surface area contributed by atoms with Crippen molar-refractivity contribution in [3.05, 3.63) is 24.3 Å². The van der Waals surface area contributed by atoms with Gasteiger partial charge in [0.05, 0.1) is 19.6 Å². The van der Waals surface area contributed by atoms with E-state index in [0.29, 0.717) is 32.1 Å². The van der Waals surface area contributed by atoms with Crippen molar-refractivity contribution in [1.29, 1.82) is 0 Å². The van der Waals surface area contributed by atoms with Gasteiger partial charge in [-0.3, -0.25) is 14.5 Å². The van der Waals surface area contributed by atoms with Crippen LogP contribution in [0.15, 0.2) is 24.3 Å². The highest BCUT2D eigenvalue weighted by atomic mass is 16.5. The van der Waals surface area contributed by atoms with E-state index >= 15 is 0 Å². The van der Waals surface area contributed by atoms with Gasteiger partial charge in [0.25, 0.3) is 0 Å². The van der Waals surface area contributed by atoms with Crippen LogP contribution in [0.5, 0.6) is 5.75 Å². The van der Waals surface area contributed by atoms with Gasteiger partial charge in [0.15, 0.2) is 0 Å².